The third kappa shape index (κ3) is 17.1. The van der Waals surface area contributed by atoms with Gasteiger partial charge in [0, 0.05) is 26.7 Å². The van der Waals surface area contributed by atoms with Gasteiger partial charge in [0.1, 0.15) is 11.2 Å². The molecular formula is C19H40IN5O4. The third-order valence-corrected chi connectivity index (χ3v) is 3.31. The van der Waals surface area contributed by atoms with Gasteiger partial charge in [0.05, 0.1) is 6.04 Å². The normalized spacial score (nSPS) is 13.1. The highest BCUT2D eigenvalue weighted by atomic mass is 127. The molecule has 0 saturated carbocycles. The molecule has 1 unspecified atom stereocenters. The monoisotopic (exact) mass is 529 g/mol. The number of nitrogens with one attached hydrogen (secondary N) is 4. The number of alkyl carbamates (subject to hydrolysis) is 2. The standard InChI is InChI=1S/C19H39N5O4.HI/c1-13(2)14(24-17(26)28-19(6,7)8)12-23-15(20-9)21-10-11-22-16(25)27-18(3,4)5;/h13-14H,10-12H2,1-9H3,(H,22,25)(H,24,26)(H2,20,21,23);1H. The van der Waals surface area contributed by atoms with Crippen LogP contribution in [-0.2, 0) is 9.47 Å². The van der Waals surface area contributed by atoms with Gasteiger partial charge in [0.25, 0.3) is 0 Å². The minimum atomic E-state index is -0.544. The van der Waals surface area contributed by atoms with Crippen molar-refractivity contribution in [1.29, 1.82) is 0 Å². The molecule has 0 aliphatic rings. The number of guanidine groups is 1. The van der Waals surface area contributed by atoms with Crippen LogP contribution < -0.4 is 21.3 Å². The summed E-state index contributed by atoms with van der Waals surface area (Å²) < 4.78 is 10.5. The van der Waals surface area contributed by atoms with Crippen LogP contribution in [0.1, 0.15) is 55.4 Å². The van der Waals surface area contributed by atoms with Crippen molar-refractivity contribution in [1.82, 2.24) is 21.3 Å². The van der Waals surface area contributed by atoms with E-state index in [1.165, 1.54) is 0 Å². The van der Waals surface area contributed by atoms with Gasteiger partial charge in [-0.25, -0.2) is 9.59 Å². The molecule has 0 fully saturated rings. The molecule has 0 bridgehead atoms. The van der Waals surface area contributed by atoms with Crippen molar-refractivity contribution in [3.05, 3.63) is 0 Å². The van der Waals surface area contributed by atoms with Crippen LogP contribution in [0.2, 0.25) is 0 Å². The van der Waals surface area contributed by atoms with E-state index in [0.29, 0.717) is 25.6 Å². The molecule has 2 amide bonds. The van der Waals surface area contributed by atoms with Crippen LogP contribution in [0, 0.1) is 5.92 Å². The zero-order chi connectivity index (χ0) is 22.0. The van der Waals surface area contributed by atoms with Crippen LogP contribution in [0.3, 0.4) is 0 Å². The van der Waals surface area contributed by atoms with Crippen molar-refractivity contribution >= 4 is 42.1 Å². The van der Waals surface area contributed by atoms with Gasteiger partial charge in [-0.3, -0.25) is 4.99 Å². The van der Waals surface area contributed by atoms with Crippen LogP contribution in [-0.4, -0.2) is 62.1 Å². The van der Waals surface area contributed by atoms with Crippen LogP contribution in [0.25, 0.3) is 0 Å². The molecule has 0 spiro atoms. The molecule has 10 heteroatoms. The lowest BCUT2D eigenvalue weighted by atomic mass is 10.0. The molecule has 1 atom stereocenters. The van der Waals surface area contributed by atoms with E-state index in [0.717, 1.165) is 0 Å². The Kier molecular flexibility index (Phi) is 14.1. The first-order valence-corrected chi connectivity index (χ1v) is 9.64. The third-order valence-electron chi connectivity index (χ3n) is 3.31. The topological polar surface area (TPSA) is 113 Å². The van der Waals surface area contributed by atoms with E-state index >= 15 is 0 Å². The van der Waals surface area contributed by atoms with E-state index in [1.807, 2.05) is 55.4 Å². The number of amides is 2. The van der Waals surface area contributed by atoms with Crippen molar-refractivity contribution in [2.45, 2.75) is 72.6 Å². The molecule has 0 saturated heterocycles. The Morgan fingerprint density at radius 3 is 1.79 bits per heavy atom. The largest absolute Gasteiger partial charge is 0.444 e. The molecule has 0 aromatic carbocycles. The molecule has 0 aromatic heterocycles. The second-order valence-corrected chi connectivity index (χ2v) is 8.81. The lowest BCUT2D eigenvalue weighted by molar-refractivity contribution is 0.0488. The Morgan fingerprint density at radius 2 is 1.34 bits per heavy atom. The maximum absolute atomic E-state index is 12.0. The first kappa shape index (κ1) is 29.7. The molecule has 29 heavy (non-hydrogen) atoms. The van der Waals surface area contributed by atoms with E-state index in [2.05, 4.69) is 26.3 Å². The molecule has 0 aliphatic carbocycles. The number of rotatable bonds is 7. The highest BCUT2D eigenvalue weighted by molar-refractivity contribution is 14.0. The van der Waals surface area contributed by atoms with Crippen LogP contribution in [0.4, 0.5) is 9.59 Å². The summed E-state index contributed by atoms with van der Waals surface area (Å²) in [4.78, 5) is 27.7. The van der Waals surface area contributed by atoms with E-state index in [9.17, 15) is 9.59 Å². The summed E-state index contributed by atoms with van der Waals surface area (Å²) in [6.07, 6.45) is -0.906. The van der Waals surface area contributed by atoms with E-state index in [-0.39, 0.29) is 35.9 Å². The number of halogens is 1. The molecule has 0 radical (unpaired) electrons. The SMILES string of the molecule is CN=C(NCCNC(=O)OC(C)(C)C)NCC(NC(=O)OC(C)(C)C)C(C)C.I. The molecule has 0 aliphatic heterocycles. The summed E-state index contributed by atoms with van der Waals surface area (Å²) in [5.74, 6) is 0.773. The Bertz CT molecular complexity index is 528. The highest BCUT2D eigenvalue weighted by Crippen LogP contribution is 2.08. The summed E-state index contributed by atoms with van der Waals surface area (Å²) in [6.45, 7) is 16.3. The van der Waals surface area contributed by atoms with Crippen molar-refractivity contribution in [3.8, 4) is 0 Å². The van der Waals surface area contributed by atoms with Gasteiger partial charge in [-0.2, -0.15) is 0 Å². The Balaban J connectivity index is 0. The van der Waals surface area contributed by atoms with Crippen LogP contribution >= 0.6 is 24.0 Å². The lowest BCUT2D eigenvalue weighted by Crippen LogP contribution is -2.50. The summed E-state index contributed by atoms with van der Waals surface area (Å²) in [6, 6.07) is -0.131. The molecule has 0 aromatic rings. The average molecular weight is 529 g/mol. The smallest absolute Gasteiger partial charge is 0.407 e. The quantitative estimate of drug-likeness (QED) is 0.175. The number of carbonyl (C=O) groups is 2. The van der Waals surface area contributed by atoms with Crippen molar-refractivity contribution < 1.29 is 19.1 Å². The van der Waals surface area contributed by atoms with Crippen molar-refractivity contribution in [3.63, 3.8) is 0 Å². The minimum Gasteiger partial charge on any atom is -0.444 e. The first-order chi connectivity index (χ1) is 12.7. The summed E-state index contributed by atoms with van der Waals surface area (Å²) in [5.41, 5.74) is -1.07. The van der Waals surface area contributed by atoms with E-state index in [1.54, 1.807) is 7.05 Å². The number of hydrogen-bond acceptors (Lipinski definition) is 5. The fraction of sp³-hybridized carbons (Fsp3) is 0.842. The molecule has 0 heterocycles. The van der Waals surface area contributed by atoms with Crippen molar-refractivity contribution in [2.24, 2.45) is 10.9 Å². The van der Waals surface area contributed by atoms with E-state index < -0.39 is 23.4 Å². The Labute approximate surface area is 192 Å². The van der Waals surface area contributed by atoms with Gasteiger partial charge < -0.3 is 30.7 Å². The van der Waals surface area contributed by atoms with Gasteiger partial charge in [0.15, 0.2) is 5.96 Å². The fourth-order valence-electron chi connectivity index (χ4n) is 2.00. The van der Waals surface area contributed by atoms with Crippen LogP contribution in [0.5, 0.6) is 0 Å². The molecule has 4 N–H and O–H groups in total. The fourth-order valence-corrected chi connectivity index (χ4v) is 2.00. The summed E-state index contributed by atoms with van der Waals surface area (Å²) >= 11 is 0. The number of carbonyl (C=O) groups excluding carboxylic acids is 2. The summed E-state index contributed by atoms with van der Waals surface area (Å²) in [5, 5.41) is 11.8. The van der Waals surface area contributed by atoms with Gasteiger partial charge in [-0.15, -0.1) is 24.0 Å². The number of ether oxygens (including phenoxy) is 2. The van der Waals surface area contributed by atoms with E-state index in [4.69, 9.17) is 9.47 Å². The molecule has 0 rings (SSSR count). The lowest BCUT2D eigenvalue weighted by Gasteiger charge is -2.26. The zero-order valence-corrected chi connectivity index (χ0v) is 21.6. The average Bonchev–Trinajstić information content (AvgIpc) is 2.49. The number of nitrogens with zero attached hydrogens (tertiary/aromatic N) is 1. The maximum atomic E-state index is 12.0. The first-order valence-electron chi connectivity index (χ1n) is 9.64. The van der Waals surface area contributed by atoms with Crippen LogP contribution in [0.15, 0.2) is 4.99 Å². The highest BCUT2D eigenvalue weighted by Gasteiger charge is 2.21. The zero-order valence-electron chi connectivity index (χ0n) is 19.3. The second kappa shape index (κ2) is 13.7. The van der Waals surface area contributed by atoms with Gasteiger partial charge in [-0.05, 0) is 47.5 Å². The molecule has 9 nitrogen and oxygen atoms in total. The van der Waals surface area contributed by atoms with Crippen molar-refractivity contribution in [2.75, 3.05) is 26.7 Å². The summed E-state index contributed by atoms with van der Waals surface area (Å²) in [7, 11) is 1.66. The molecular weight excluding hydrogens is 489 g/mol. The molecule has 172 valence electrons. The second-order valence-electron chi connectivity index (χ2n) is 8.81. The predicted molar refractivity (Wildman–Crippen MR) is 127 cm³/mol. The number of aliphatic imine (C=N–C) groups is 1. The Morgan fingerprint density at radius 1 is 0.862 bits per heavy atom. The maximum Gasteiger partial charge on any atom is 0.407 e. The van der Waals surface area contributed by atoms with Gasteiger partial charge >= 0.3 is 12.2 Å². The van der Waals surface area contributed by atoms with Gasteiger partial charge in [0.2, 0.25) is 0 Å². The Hall–Kier alpha value is -1.46. The predicted octanol–water partition coefficient (Wildman–Crippen LogP) is 2.84. The minimum absolute atomic E-state index is 0. The van der Waals surface area contributed by atoms with Gasteiger partial charge in [-0.1, -0.05) is 13.8 Å². The number of hydrogen-bond donors (Lipinski definition) is 4.